The lowest BCUT2D eigenvalue weighted by atomic mass is 10.3. The summed E-state index contributed by atoms with van der Waals surface area (Å²) in [4.78, 5) is 0. The molecule has 0 aliphatic rings. The Hall–Kier alpha value is -2.69. The fourth-order valence-corrected chi connectivity index (χ4v) is 1.68. The number of rotatable bonds is 4. The third-order valence-electron chi connectivity index (χ3n) is 2.57. The number of nitrogen functional groups attached to an aromatic ring is 1. The maximum atomic E-state index is 5.67. The topological polar surface area (TPSA) is 74.4 Å². The largest absolute Gasteiger partial charge is 0.487 e. The Balaban J connectivity index is 1.68. The predicted molar refractivity (Wildman–Crippen MR) is 69.4 cm³/mol. The summed E-state index contributed by atoms with van der Waals surface area (Å²) in [5.41, 5.74) is 7.02. The van der Waals surface area contributed by atoms with E-state index in [0.717, 1.165) is 0 Å². The number of hydrogen-bond acceptors (Lipinski definition) is 5. The molecular weight excluding hydrogens is 244 g/mol. The van der Waals surface area contributed by atoms with E-state index in [-0.39, 0.29) is 0 Å². The van der Waals surface area contributed by atoms with Crippen molar-refractivity contribution in [3.63, 3.8) is 0 Å². The van der Waals surface area contributed by atoms with Crippen LogP contribution in [0.5, 0.6) is 5.75 Å². The summed E-state index contributed by atoms with van der Waals surface area (Å²) in [7, 11) is 0. The summed E-state index contributed by atoms with van der Waals surface area (Å²) in [6.07, 6.45) is 1.58. The number of aromatic nitrogens is 1. The van der Waals surface area contributed by atoms with E-state index in [4.69, 9.17) is 19.4 Å². The van der Waals surface area contributed by atoms with Crippen LogP contribution in [0, 0.1) is 0 Å². The van der Waals surface area contributed by atoms with Gasteiger partial charge in [-0.15, -0.1) is 0 Å². The molecule has 0 bridgehead atoms. The van der Waals surface area contributed by atoms with E-state index >= 15 is 0 Å². The molecule has 19 heavy (non-hydrogen) atoms. The van der Waals surface area contributed by atoms with E-state index in [2.05, 4.69) is 5.16 Å². The van der Waals surface area contributed by atoms with E-state index in [1.807, 2.05) is 18.2 Å². The smallest absolute Gasteiger partial charge is 0.202 e. The monoisotopic (exact) mass is 256 g/mol. The van der Waals surface area contributed by atoms with Crippen molar-refractivity contribution in [2.75, 3.05) is 5.73 Å². The van der Waals surface area contributed by atoms with Crippen molar-refractivity contribution in [3.8, 4) is 17.3 Å². The van der Waals surface area contributed by atoms with Crippen molar-refractivity contribution in [1.82, 2.24) is 5.16 Å². The number of nitrogens with two attached hydrogens (primary N) is 1. The molecule has 1 aromatic carbocycles. The number of hydrogen-bond donors (Lipinski definition) is 1. The summed E-state index contributed by atoms with van der Waals surface area (Å²) in [6.45, 7) is 0.313. The van der Waals surface area contributed by atoms with Crippen LogP contribution in [0.1, 0.15) is 5.69 Å². The molecule has 0 aliphatic heterocycles. The fourth-order valence-electron chi connectivity index (χ4n) is 1.68. The highest BCUT2D eigenvalue weighted by Crippen LogP contribution is 2.21. The van der Waals surface area contributed by atoms with Gasteiger partial charge in [0.05, 0.1) is 6.26 Å². The molecule has 5 heteroatoms. The SMILES string of the molecule is Nc1cccc(OCc2cc(-c3ccco3)on2)c1. The molecule has 96 valence electrons. The quantitative estimate of drug-likeness (QED) is 0.726. The van der Waals surface area contributed by atoms with Crippen LogP contribution in [0.4, 0.5) is 5.69 Å². The minimum absolute atomic E-state index is 0.313. The van der Waals surface area contributed by atoms with Crippen LogP contribution in [0.2, 0.25) is 0 Å². The van der Waals surface area contributed by atoms with Gasteiger partial charge in [0.2, 0.25) is 5.76 Å². The van der Waals surface area contributed by atoms with Crippen LogP contribution in [0.3, 0.4) is 0 Å². The molecule has 0 fully saturated rings. The van der Waals surface area contributed by atoms with Gasteiger partial charge in [-0.3, -0.25) is 0 Å². The van der Waals surface area contributed by atoms with Crippen molar-refractivity contribution < 1.29 is 13.7 Å². The fraction of sp³-hybridized carbons (Fsp3) is 0.0714. The molecule has 0 unspecified atom stereocenters. The summed E-state index contributed by atoms with van der Waals surface area (Å²) >= 11 is 0. The zero-order valence-electron chi connectivity index (χ0n) is 10.1. The van der Waals surface area contributed by atoms with E-state index in [1.165, 1.54) is 0 Å². The van der Waals surface area contributed by atoms with Gasteiger partial charge in [0.15, 0.2) is 5.76 Å². The first kappa shape index (κ1) is 11.4. The molecule has 0 saturated heterocycles. The van der Waals surface area contributed by atoms with Crippen molar-refractivity contribution in [3.05, 3.63) is 54.4 Å². The number of ether oxygens (including phenoxy) is 1. The third-order valence-corrected chi connectivity index (χ3v) is 2.57. The van der Waals surface area contributed by atoms with Crippen LogP contribution in [-0.4, -0.2) is 5.16 Å². The molecule has 0 amide bonds. The van der Waals surface area contributed by atoms with Gasteiger partial charge in [0.1, 0.15) is 18.1 Å². The van der Waals surface area contributed by atoms with Gasteiger partial charge in [0, 0.05) is 17.8 Å². The Morgan fingerprint density at radius 3 is 2.84 bits per heavy atom. The van der Waals surface area contributed by atoms with Gasteiger partial charge in [-0.05, 0) is 24.3 Å². The normalized spacial score (nSPS) is 10.5. The number of furan rings is 1. The molecule has 0 radical (unpaired) electrons. The predicted octanol–water partition coefficient (Wildman–Crippen LogP) is 3.10. The van der Waals surface area contributed by atoms with Crippen LogP contribution in [0.25, 0.3) is 11.5 Å². The van der Waals surface area contributed by atoms with E-state index < -0.39 is 0 Å². The summed E-state index contributed by atoms with van der Waals surface area (Å²) in [5.74, 6) is 1.92. The Morgan fingerprint density at radius 2 is 2.05 bits per heavy atom. The summed E-state index contributed by atoms with van der Waals surface area (Å²) < 4.78 is 16.0. The average Bonchev–Trinajstić information content (AvgIpc) is 3.07. The van der Waals surface area contributed by atoms with E-state index in [0.29, 0.717) is 35.3 Å². The second-order valence-corrected chi connectivity index (χ2v) is 4.02. The zero-order chi connectivity index (χ0) is 13.1. The Labute approximate surface area is 109 Å². The van der Waals surface area contributed by atoms with Gasteiger partial charge in [-0.25, -0.2) is 0 Å². The highest BCUT2D eigenvalue weighted by molar-refractivity contribution is 5.49. The first-order chi connectivity index (χ1) is 9.31. The highest BCUT2D eigenvalue weighted by atomic mass is 16.5. The van der Waals surface area contributed by atoms with Crippen molar-refractivity contribution in [1.29, 1.82) is 0 Å². The van der Waals surface area contributed by atoms with Crippen molar-refractivity contribution in [2.24, 2.45) is 0 Å². The molecule has 2 heterocycles. The van der Waals surface area contributed by atoms with Gasteiger partial charge in [0.25, 0.3) is 0 Å². The number of anilines is 1. The average molecular weight is 256 g/mol. The standard InChI is InChI=1S/C14H12N2O3/c15-10-3-1-4-12(7-10)18-9-11-8-14(19-16-11)13-5-2-6-17-13/h1-8H,9,15H2. The van der Waals surface area contributed by atoms with Crippen molar-refractivity contribution in [2.45, 2.75) is 6.61 Å². The molecular formula is C14H12N2O3. The Bertz CT molecular complexity index is 659. The molecule has 0 saturated carbocycles. The van der Waals surface area contributed by atoms with Crippen LogP contribution >= 0.6 is 0 Å². The highest BCUT2D eigenvalue weighted by Gasteiger charge is 2.09. The molecule has 2 aromatic heterocycles. The molecule has 5 nitrogen and oxygen atoms in total. The van der Waals surface area contributed by atoms with Gasteiger partial charge < -0.3 is 19.4 Å². The van der Waals surface area contributed by atoms with Gasteiger partial charge in [-0.1, -0.05) is 11.2 Å². The second-order valence-electron chi connectivity index (χ2n) is 4.02. The van der Waals surface area contributed by atoms with Gasteiger partial charge in [-0.2, -0.15) is 0 Å². The molecule has 0 spiro atoms. The van der Waals surface area contributed by atoms with E-state index in [1.54, 1.807) is 30.5 Å². The summed E-state index contributed by atoms with van der Waals surface area (Å²) in [5, 5.41) is 3.92. The van der Waals surface area contributed by atoms with Crippen LogP contribution in [-0.2, 0) is 6.61 Å². The Morgan fingerprint density at radius 1 is 1.11 bits per heavy atom. The second kappa shape index (κ2) is 4.89. The minimum atomic E-state index is 0.313. The molecule has 3 aromatic rings. The third kappa shape index (κ3) is 2.60. The van der Waals surface area contributed by atoms with E-state index in [9.17, 15) is 0 Å². The van der Waals surface area contributed by atoms with Crippen LogP contribution in [0.15, 0.2) is 57.7 Å². The maximum Gasteiger partial charge on any atom is 0.202 e. The van der Waals surface area contributed by atoms with Crippen LogP contribution < -0.4 is 10.5 Å². The lowest BCUT2D eigenvalue weighted by Gasteiger charge is -2.03. The lowest BCUT2D eigenvalue weighted by Crippen LogP contribution is -1.96. The van der Waals surface area contributed by atoms with Gasteiger partial charge >= 0.3 is 0 Å². The number of benzene rings is 1. The van der Waals surface area contributed by atoms with Crippen molar-refractivity contribution >= 4 is 5.69 Å². The lowest BCUT2D eigenvalue weighted by molar-refractivity contribution is 0.290. The first-order valence-electron chi connectivity index (χ1n) is 5.79. The first-order valence-corrected chi connectivity index (χ1v) is 5.79. The molecule has 0 aliphatic carbocycles. The minimum Gasteiger partial charge on any atom is -0.487 e. The molecule has 0 atom stereocenters. The Kier molecular flexibility index (Phi) is 2.94. The number of nitrogens with zero attached hydrogens (tertiary/aromatic N) is 1. The zero-order valence-corrected chi connectivity index (χ0v) is 10.1. The maximum absolute atomic E-state index is 5.67. The summed E-state index contributed by atoms with van der Waals surface area (Å²) in [6, 6.07) is 12.6. The molecule has 3 rings (SSSR count). The molecule has 2 N–H and O–H groups in total.